The highest BCUT2D eigenvalue weighted by Crippen LogP contribution is 2.20. The van der Waals surface area contributed by atoms with Gasteiger partial charge >= 0.3 is 0 Å². The van der Waals surface area contributed by atoms with Crippen LogP contribution in [0.2, 0.25) is 0 Å². The minimum absolute atomic E-state index is 0.808. The van der Waals surface area contributed by atoms with E-state index in [4.69, 9.17) is 0 Å². The standard InChI is InChI=1S/C11H22BrN/c1-3-10(2)9-13-7-5-4-6-11(13)8-12/h10-11H,3-9H2,1-2H3. The lowest BCUT2D eigenvalue weighted by atomic mass is 10.0. The molecule has 0 aromatic heterocycles. The first kappa shape index (κ1) is 11.5. The van der Waals surface area contributed by atoms with Crippen molar-refractivity contribution in [2.75, 3.05) is 18.4 Å². The zero-order chi connectivity index (χ0) is 9.68. The van der Waals surface area contributed by atoms with Crippen molar-refractivity contribution in [3.8, 4) is 0 Å². The van der Waals surface area contributed by atoms with Crippen molar-refractivity contribution < 1.29 is 0 Å². The lowest BCUT2D eigenvalue weighted by molar-refractivity contribution is 0.142. The van der Waals surface area contributed by atoms with Gasteiger partial charge in [-0.2, -0.15) is 0 Å². The molecule has 1 nitrogen and oxygen atoms in total. The first-order chi connectivity index (χ1) is 6.27. The largest absolute Gasteiger partial charge is 0.299 e. The van der Waals surface area contributed by atoms with Crippen molar-refractivity contribution >= 4 is 15.9 Å². The van der Waals surface area contributed by atoms with E-state index >= 15 is 0 Å². The quantitative estimate of drug-likeness (QED) is 0.690. The summed E-state index contributed by atoms with van der Waals surface area (Å²) in [6, 6.07) is 0.808. The molecule has 0 aliphatic carbocycles. The first-order valence-corrected chi connectivity index (χ1v) is 6.70. The Morgan fingerprint density at radius 2 is 2.23 bits per heavy atom. The molecule has 2 atom stereocenters. The fraction of sp³-hybridized carbons (Fsp3) is 1.00. The van der Waals surface area contributed by atoms with Crippen LogP contribution >= 0.6 is 15.9 Å². The number of nitrogens with zero attached hydrogens (tertiary/aromatic N) is 1. The highest BCUT2D eigenvalue weighted by atomic mass is 79.9. The maximum absolute atomic E-state index is 3.62. The van der Waals surface area contributed by atoms with Gasteiger partial charge in [0, 0.05) is 17.9 Å². The molecule has 78 valence electrons. The molecule has 1 rings (SSSR count). The van der Waals surface area contributed by atoms with Gasteiger partial charge in [-0.25, -0.2) is 0 Å². The monoisotopic (exact) mass is 247 g/mol. The fourth-order valence-corrected chi connectivity index (χ4v) is 2.74. The third-order valence-corrected chi connectivity index (χ3v) is 3.92. The predicted octanol–water partition coefficient (Wildman–Crippen LogP) is 3.28. The molecule has 0 aromatic carbocycles. The molecule has 1 heterocycles. The summed E-state index contributed by atoms with van der Waals surface area (Å²) in [5, 5.41) is 1.16. The van der Waals surface area contributed by atoms with Crippen molar-refractivity contribution in [1.82, 2.24) is 4.90 Å². The number of likely N-dealkylation sites (tertiary alicyclic amines) is 1. The molecule has 1 saturated heterocycles. The molecule has 0 saturated carbocycles. The molecule has 2 heteroatoms. The molecule has 2 unspecified atom stereocenters. The lowest BCUT2D eigenvalue weighted by Gasteiger charge is -2.36. The minimum Gasteiger partial charge on any atom is -0.299 e. The normalized spacial score (nSPS) is 27.5. The molecular formula is C11H22BrN. The summed E-state index contributed by atoms with van der Waals surface area (Å²) in [5.41, 5.74) is 0. The zero-order valence-corrected chi connectivity index (χ0v) is 10.5. The van der Waals surface area contributed by atoms with Crippen LogP contribution in [0.1, 0.15) is 39.5 Å². The van der Waals surface area contributed by atoms with E-state index in [0.29, 0.717) is 0 Å². The molecule has 0 spiro atoms. The van der Waals surface area contributed by atoms with Crippen LogP contribution in [0, 0.1) is 5.92 Å². The molecular weight excluding hydrogens is 226 g/mol. The Balaban J connectivity index is 2.35. The molecule has 1 fully saturated rings. The maximum atomic E-state index is 3.62. The van der Waals surface area contributed by atoms with Gasteiger partial charge in [-0.1, -0.05) is 42.6 Å². The Kier molecular flexibility index (Phi) is 5.34. The third-order valence-electron chi connectivity index (χ3n) is 3.17. The van der Waals surface area contributed by atoms with Crippen molar-refractivity contribution in [1.29, 1.82) is 0 Å². The van der Waals surface area contributed by atoms with Gasteiger partial charge in [-0.3, -0.25) is 4.90 Å². The molecule has 0 amide bonds. The van der Waals surface area contributed by atoms with Gasteiger partial charge in [0.05, 0.1) is 0 Å². The fourth-order valence-electron chi connectivity index (χ4n) is 2.00. The minimum atomic E-state index is 0.808. The van der Waals surface area contributed by atoms with E-state index in [1.807, 2.05) is 0 Å². The van der Waals surface area contributed by atoms with Gasteiger partial charge in [0.2, 0.25) is 0 Å². The average Bonchev–Trinajstić information content (AvgIpc) is 2.18. The third kappa shape index (κ3) is 3.59. The maximum Gasteiger partial charge on any atom is 0.0192 e. The van der Waals surface area contributed by atoms with Crippen LogP contribution in [0.4, 0.5) is 0 Å². The molecule has 0 radical (unpaired) electrons. The smallest absolute Gasteiger partial charge is 0.0192 e. The number of halogens is 1. The van der Waals surface area contributed by atoms with Gasteiger partial charge in [-0.15, -0.1) is 0 Å². The summed E-state index contributed by atoms with van der Waals surface area (Å²) in [4.78, 5) is 2.67. The Labute approximate surface area is 91.0 Å². The van der Waals surface area contributed by atoms with Crippen LogP contribution in [-0.4, -0.2) is 29.4 Å². The van der Waals surface area contributed by atoms with E-state index in [1.54, 1.807) is 0 Å². The summed E-state index contributed by atoms with van der Waals surface area (Å²) in [6.45, 7) is 7.27. The van der Waals surface area contributed by atoms with Crippen LogP contribution in [0.3, 0.4) is 0 Å². The van der Waals surface area contributed by atoms with Gasteiger partial charge in [-0.05, 0) is 25.3 Å². The van der Waals surface area contributed by atoms with Gasteiger partial charge in [0.15, 0.2) is 0 Å². The van der Waals surface area contributed by atoms with E-state index in [-0.39, 0.29) is 0 Å². The summed E-state index contributed by atoms with van der Waals surface area (Å²) >= 11 is 3.62. The highest BCUT2D eigenvalue weighted by molar-refractivity contribution is 9.09. The van der Waals surface area contributed by atoms with Gasteiger partial charge in [0.25, 0.3) is 0 Å². The van der Waals surface area contributed by atoms with Crippen molar-refractivity contribution in [2.45, 2.75) is 45.6 Å². The Hall–Kier alpha value is 0.440. The second-order valence-electron chi connectivity index (χ2n) is 4.31. The predicted molar refractivity (Wildman–Crippen MR) is 62.5 cm³/mol. The Morgan fingerprint density at radius 3 is 2.85 bits per heavy atom. The van der Waals surface area contributed by atoms with Crippen molar-refractivity contribution in [2.24, 2.45) is 5.92 Å². The van der Waals surface area contributed by atoms with Gasteiger partial charge < -0.3 is 0 Å². The zero-order valence-electron chi connectivity index (χ0n) is 8.93. The van der Waals surface area contributed by atoms with Crippen LogP contribution in [0.25, 0.3) is 0 Å². The highest BCUT2D eigenvalue weighted by Gasteiger charge is 2.21. The topological polar surface area (TPSA) is 3.24 Å². The van der Waals surface area contributed by atoms with Crippen LogP contribution in [0.15, 0.2) is 0 Å². The Morgan fingerprint density at radius 1 is 1.46 bits per heavy atom. The van der Waals surface area contributed by atoms with E-state index in [2.05, 4.69) is 34.7 Å². The average molecular weight is 248 g/mol. The number of hydrogen-bond donors (Lipinski definition) is 0. The van der Waals surface area contributed by atoms with E-state index < -0.39 is 0 Å². The number of alkyl halides is 1. The summed E-state index contributed by atoms with van der Waals surface area (Å²) in [5.74, 6) is 0.861. The van der Waals surface area contributed by atoms with Crippen LogP contribution in [0.5, 0.6) is 0 Å². The molecule has 0 aromatic rings. The number of hydrogen-bond acceptors (Lipinski definition) is 1. The first-order valence-electron chi connectivity index (χ1n) is 5.58. The molecule has 1 aliphatic heterocycles. The van der Waals surface area contributed by atoms with Crippen molar-refractivity contribution in [3.63, 3.8) is 0 Å². The molecule has 0 bridgehead atoms. The van der Waals surface area contributed by atoms with Crippen LogP contribution < -0.4 is 0 Å². The van der Waals surface area contributed by atoms with Gasteiger partial charge in [0.1, 0.15) is 0 Å². The summed E-state index contributed by atoms with van der Waals surface area (Å²) in [7, 11) is 0. The number of piperidine rings is 1. The Bertz CT molecular complexity index is 138. The summed E-state index contributed by atoms with van der Waals surface area (Å²) in [6.07, 6.45) is 5.53. The van der Waals surface area contributed by atoms with E-state index in [9.17, 15) is 0 Å². The molecule has 1 aliphatic rings. The lowest BCUT2D eigenvalue weighted by Crippen LogP contribution is -2.42. The SMILES string of the molecule is CCC(C)CN1CCCCC1CBr. The van der Waals surface area contributed by atoms with E-state index in [1.165, 1.54) is 38.8 Å². The second-order valence-corrected chi connectivity index (χ2v) is 4.96. The second kappa shape index (κ2) is 6.02. The van der Waals surface area contributed by atoms with E-state index in [0.717, 1.165) is 17.3 Å². The van der Waals surface area contributed by atoms with Crippen molar-refractivity contribution in [3.05, 3.63) is 0 Å². The molecule has 0 N–H and O–H groups in total. The molecule has 13 heavy (non-hydrogen) atoms. The van der Waals surface area contributed by atoms with Crippen LogP contribution in [-0.2, 0) is 0 Å². The number of rotatable bonds is 4. The summed E-state index contributed by atoms with van der Waals surface area (Å²) < 4.78 is 0.